The zero-order valence-electron chi connectivity index (χ0n) is 15.7. The molecule has 1 saturated heterocycles. The van der Waals surface area contributed by atoms with E-state index in [9.17, 15) is 13.2 Å². The average molecular weight is 391 g/mol. The van der Waals surface area contributed by atoms with Crippen LogP contribution in [-0.2, 0) is 16.4 Å². The van der Waals surface area contributed by atoms with Gasteiger partial charge in [0.15, 0.2) is 0 Å². The van der Waals surface area contributed by atoms with Crippen molar-refractivity contribution in [2.24, 2.45) is 0 Å². The van der Waals surface area contributed by atoms with E-state index in [2.05, 4.69) is 10.5 Å². The molecule has 7 nitrogen and oxygen atoms in total. The first-order valence-corrected chi connectivity index (χ1v) is 10.7. The summed E-state index contributed by atoms with van der Waals surface area (Å²) in [6.07, 6.45) is 4.52. The predicted molar refractivity (Wildman–Crippen MR) is 102 cm³/mol. The molecule has 0 spiro atoms. The highest BCUT2D eigenvalue weighted by Gasteiger charge is 2.25. The Bertz CT molecular complexity index is 896. The fraction of sp³-hybridized carbons (Fsp3) is 0.474. The van der Waals surface area contributed by atoms with Gasteiger partial charge in [-0.2, -0.15) is 4.31 Å². The van der Waals surface area contributed by atoms with Crippen molar-refractivity contribution in [3.05, 3.63) is 41.3 Å². The van der Waals surface area contributed by atoms with Crippen molar-refractivity contribution >= 4 is 21.6 Å². The van der Waals surface area contributed by atoms with Crippen molar-refractivity contribution in [3.8, 4) is 0 Å². The number of aryl methyl sites for hydroxylation is 2. The van der Waals surface area contributed by atoms with Gasteiger partial charge in [0, 0.05) is 18.8 Å². The zero-order chi connectivity index (χ0) is 19.4. The van der Waals surface area contributed by atoms with Crippen LogP contribution in [0.3, 0.4) is 0 Å². The molecule has 1 aromatic carbocycles. The summed E-state index contributed by atoms with van der Waals surface area (Å²) in [6.45, 7) is 4.72. The van der Waals surface area contributed by atoms with E-state index < -0.39 is 10.0 Å². The number of hydrogen-bond donors (Lipinski definition) is 1. The normalized spacial score (nSPS) is 16.1. The molecule has 27 heavy (non-hydrogen) atoms. The van der Waals surface area contributed by atoms with Gasteiger partial charge in [-0.1, -0.05) is 24.9 Å². The number of anilines is 1. The minimum atomic E-state index is -3.50. The van der Waals surface area contributed by atoms with E-state index in [1.807, 2.05) is 6.92 Å². The van der Waals surface area contributed by atoms with Gasteiger partial charge < -0.3 is 9.84 Å². The summed E-state index contributed by atoms with van der Waals surface area (Å²) in [6, 6.07) is 6.29. The summed E-state index contributed by atoms with van der Waals surface area (Å²) in [4.78, 5) is 12.8. The molecule has 1 aliphatic heterocycles. The standard InChI is InChI=1S/C19H25N3O4S/c1-3-17-18(14(2)26-21-17)19(23)20-15-8-10-16(11-9-15)27(24,25)22-12-6-4-5-7-13-22/h8-11H,3-7,12-13H2,1-2H3,(H,20,23). The Kier molecular flexibility index (Phi) is 5.96. The second kappa shape index (κ2) is 8.22. The van der Waals surface area contributed by atoms with Crippen molar-refractivity contribution in [2.75, 3.05) is 18.4 Å². The molecule has 0 aliphatic carbocycles. The van der Waals surface area contributed by atoms with E-state index in [1.54, 1.807) is 23.4 Å². The Balaban J connectivity index is 1.75. The number of carbonyl (C=O) groups excluding carboxylic acids is 1. The molecule has 1 N–H and O–H groups in total. The van der Waals surface area contributed by atoms with Gasteiger partial charge in [-0.25, -0.2) is 8.42 Å². The maximum Gasteiger partial charge on any atom is 0.261 e. The van der Waals surface area contributed by atoms with Gasteiger partial charge in [-0.15, -0.1) is 0 Å². The highest BCUT2D eigenvalue weighted by molar-refractivity contribution is 7.89. The molecule has 0 bridgehead atoms. The Morgan fingerprint density at radius 3 is 2.37 bits per heavy atom. The molecule has 3 rings (SSSR count). The van der Waals surface area contributed by atoms with Crippen LogP contribution >= 0.6 is 0 Å². The van der Waals surface area contributed by atoms with Crippen molar-refractivity contribution < 1.29 is 17.7 Å². The van der Waals surface area contributed by atoms with Gasteiger partial charge in [-0.3, -0.25) is 4.79 Å². The van der Waals surface area contributed by atoms with Crippen molar-refractivity contribution in [2.45, 2.75) is 50.8 Å². The highest BCUT2D eigenvalue weighted by atomic mass is 32.2. The first-order valence-electron chi connectivity index (χ1n) is 9.30. The number of carbonyl (C=O) groups is 1. The van der Waals surface area contributed by atoms with Gasteiger partial charge in [0.1, 0.15) is 11.3 Å². The lowest BCUT2D eigenvalue weighted by molar-refractivity contribution is 0.102. The van der Waals surface area contributed by atoms with Crippen molar-refractivity contribution in [3.63, 3.8) is 0 Å². The number of nitrogens with one attached hydrogen (secondary N) is 1. The van der Waals surface area contributed by atoms with E-state index in [-0.39, 0.29) is 10.8 Å². The molecule has 0 atom stereocenters. The van der Waals surface area contributed by atoms with Gasteiger partial charge in [0.25, 0.3) is 5.91 Å². The summed E-state index contributed by atoms with van der Waals surface area (Å²) >= 11 is 0. The molecule has 2 aromatic rings. The molecule has 0 saturated carbocycles. The van der Waals surface area contributed by atoms with Crippen LogP contribution in [-0.4, -0.2) is 36.9 Å². The fourth-order valence-corrected chi connectivity index (χ4v) is 4.80. The number of rotatable bonds is 5. The van der Waals surface area contributed by atoms with E-state index in [4.69, 9.17) is 4.52 Å². The Labute approximate surface area is 159 Å². The van der Waals surface area contributed by atoms with Gasteiger partial charge in [0.2, 0.25) is 10.0 Å². The summed E-state index contributed by atoms with van der Waals surface area (Å²) in [5.41, 5.74) is 1.56. The third-order valence-corrected chi connectivity index (χ3v) is 6.72. The minimum absolute atomic E-state index is 0.248. The summed E-state index contributed by atoms with van der Waals surface area (Å²) in [7, 11) is -3.50. The molecule has 2 heterocycles. The van der Waals surface area contributed by atoms with Crippen molar-refractivity contribution in [1.29, 1.82) is 0 Å². The molecule has 0 unspecified atom stereocenters. The first kappa shape index (κ1) is 19.6. The maximum atomic E-state index is 12.8. The summed E-state index contributed by atoms with van der Waals surface area (Å²) in [5, 5.41) is 6.66. The third kappa shape index (κ3) is 4.22. The van der Waals surface area contributed by atoms with Crippen LogP contribution in [0.5, 0.6) is 0 Å². The number of benzene rings is 1. The Morgan fingerprint density at radius 1 is 1.15 bits per heavy atom. The number of amides is 1. The molecule has 1 fully saturated rings. The highest BCUT2D eigenvalue weighted by Crippen LogP contribution is 2.22. The minimum Gasteiger partial charge on any atom is -0.361 e. The predicted octanol–water partition coefficient (Wildman–Crippen LogP) is 3.36. The summed E-state index contributed by atoms with van der Waals surface area (Å²) in [5.74, 6) is 0.151. The van der Waals surface area contributed by atoms with Crippen LogP contribution in [0.15, 0.2) is 33.7 Å². The maximum absolute atomic E-state index is 12.8. The topological polar surface area (TPSA) is 92.5 Å². The molecular formula is C19H25N3O4S. The van der Waals surface area contributed by atoms with Gasteiger partial charge in [-0.05, 0) is 50.5 Å². The second-order valence-electron chi connectivity index (χ2n) is 6.71. The lowest BCUT2D eigenvalue weighted by atomic mass is 10.1. The Morgan fingerprint density at radius 2 is 1.78 bits per heavy atom. The quantitative estimate of drug-likeness (QED) is 0.844. The summed E-state index contributed by atoms with van der Waals surface area (Å²) < 4.78 is 32.3. The molecule has 1 aromatic heterocycles. The molecular weight excluding hydrogens is 366 g/mol. The second-order valence-corrected chi connectivity index (χ2v) is 8.65. The lowest BCUT2D eigenvalue weighted by Crippen LogP contribution is -2.31. The average Bonchev–Trinajstić information content (AvgIpc) is 2.85. The number of aromatic nitrogens is 1. The number of sulfonamides is 1. The van der Waals surface area contributed by atoms with E-state index in [0.717, 1.165) is 25.7 Å². The van der Waals surface area contributed by atoms with Crippen molar-refractivity contribution in [1.82, 2.24) is 9.46 Å². The van der Waals surface area contributed by atoms with E-state index in [0.29, 0.717) is 42.2 Å². The SMILES string of the molecule is CCc1noc(C)c1C(=O)Nc1ccc(S(=O)(=O)N2CCCCCC2)cc1. The van der Waals surface area contributed by atoms with Crippen LogP contribution < -0.4 is 5.32 Å². The van der Waals surface area contributed by atoms with Crippen LogP contribution in [0.25, 0.3) is 0 Å². The number of nitrogens with zero attached hydrogens (tertiary/aromatic N) is 2. The van der Waals surface area contributed by atoms with Gasteiger partial charge in [0.05, 0.1) is 10.6 Å². The van der Waals surface area contributed by atoms with Crippen LogP contribution in [0.2, 0.25) is 0 Å². The zero-order valence-corrected chi connectivity index (χ0v) is 16.5. The fourth-order valence-electron chi connectivity index (χ4n) is 3.29. The smallest absolute Gasteiger partial charge is 0.261 e. The molecule has 0 radical (unpaired) electrons. The molecule has 1 aliphatic rings. The lowest BCUT2D eigenvalue weighted by Gasteiger charge is -2.20. The van der Waals surface area contributed by atoms with E-state index in [1.165, 1.54) is 12.1 Å². The Hall–Kier alpha value is -2.19. The molecule has 1 amide bonds. The van der Waals surface area contributed by atoms with E-state index >= 15 is 0 Å². The molecule has 8 heteroatoms. The number of hydrogen-bond acceptors (Lipinski definition) is 5. The monoisotopic (exact) mass is 391 g/mol. The third-order valence-electron chi connectivity index (χ3n) is 4.81. The van der Waals surface area contributed by atoms with Crippen LogP contribution in [0, 0.1) is 6.92 Å². The van der Waals surface area contributed by atoms with Crippen LogP contribution in [0.4, 0.5) is 5.69 Å². The molecule has 146 valence electrons. The largest absolute Gasteiger partial charge is 0.361 e. The first-order chi connectivity index (χ1) is 12.9. The van der Waals surface area contributed by atoms with Gasteiger partial charge >= 0.3 is 0 Å². The van der Waals surface area contributed by atoms with Crippen LogP contribution in [0.1, 0.15) is 54.4 Å².